The predicted octanol–water partition coefficient (Wildman–Crippen LogP) is 5.33. The van der Waals surface area contributed by atoms with Crippen molar-refractivity contribution >= 4 is 28.9 Å². The van der Waals surface area contributed by atoms with E-state index in [1.165, 1.54) is 30.3 Å². The molecule has 2 aromatic carbocycles. The van der Waals surface area contributed by atoms with Crippen LogP contribution in [0.4, 0.5) is 18.9 Å². The Morgan fingerprint density at radius 3 is 2.19 bits per heavy atom. The number of anilines is 1. The van der Waals surface area contributed by atoms with Crippen molar-refractivity contribution in [3.8, 4) is 5.75 Å². The van der Waals surface area contributed by atoms with Gasteiger partial charge in [-0.3, -0.25) is 0 Å². The zero-order chi connectivity index (χ0) is 15.6. The summed E-state index contributed by atoms with van der Waals surface area (Å²) in [6, 6.07) is 8.05. The van der Waals surface area contributed by atoms with Gasteiger partial charge < -0.3 is 10.4 Å². The SMILES string of the molecule is Oc1c(Cl)cc(NCc2ccccc2C(F)(F)F)cc1Cl. The number of nitrogens with one attached hydrogen (secondary N) is 1. The van der Waals surface area contributed by atoms with E-state index >= 15 is 0 Å². The standard InChI is InChI=1S/C14H10Cl2F3NO/c15-11-5-9(6-12(16)13(11)21)20-7-8-3-1-2-4-10(8)14(17,18)19/h1-6,20-21H,7H2. The molecule has 7 heteroatoms. The van der Waals surface area contributed by atoms with Crippen molar-refractivity contribution in [2.24, 2.45) is 0 Å². The quantitative estimate of drug-likeness (QED) is 0.743. The van der Waals surface area contributed by atoms with Gasteiger partial charge in [0.15, 0.2) is 5.75 Å². The molecule has 0 radical (unpaired) electrons. The molecule has 0 heterocycles. The van der Waals surface area contributed by atoms with Gasteiger partial charge in [-0.25, -0.2) is 0 Å². The molecule has 0 spiro atoms. The normalized spacial score (nSPS) is 11.5. The third kappa shape index (κ3) is 3.74. The average molecular weight is 336 g/mol. The van der Waals surface area contributed by atoms with Gasteiger partial charge in [-0.2, -0.15) is 13.2 Å². The van der Waals surface area contributed by atoms with Crippen LogP contribution in [0.15, 0.2) is 36.4 Å². The van der Waals surface area contributed by atoms with Crippen LogP contribution in [0.1, 0.15) is 11.1 Å². The molecule has 21 heavy (non-hydrogen) atoms. The van der Waals surface area contributed by atoms with Crippen molar-refractivity contribution < 1.29 is 18.3 Å². The molecule has 0 saturated heterocycles. The number of benzene rings is 2. The van der Waals surface area contributed by atoms with Crippen molar-refractivity contribution in [1.82, 2.24) is 0 Å². The smallest absolute Gasteiger partial charge is 0.416 e. The molecule has 2 nitrogen and oxygen atoms in total. The van der Waals surface area contributed by atoms with Crippen LogP contribution < -0.4 is 5.32 Å². The number of phenols is 1. The van der Waals surface area contributed by atoms with Gasteiger partial charge in [-0.15, -0.1) is 0 Å². The number of phenolic OH excluding ortho intramolecular Hbond substituents is 1. The van der Waals surface area contributed by atoms with Crippen LogP contribution in [0.25, 0.3) is 0 Å². The van der Waals surface area contributed by atoms with Gasteiger partial charge in [0.1, 0.15) is 0 Å². The summed E-state index contributed by atoms with van der Waals surface area (Å²) < 4.78 is 38.6. The van der Waals surface area contributed by atoms with E-state index in [2.05, 4.69) is 5.32 Å². The van der Waals surface area contributed by atoms with Crippen molar-refractivity contribution in [2.75, 3.05) is 5.32 Å². The van der Waals surface area contributed by atoms with Gasteiger partial charge in [-0.1, -0.05) is 41.4 Å². The van der Waals surface area contributed by atoms with E-state index in [-0.39, 0.29) is 27.9 Å². The Kier molecular flexibility index (Phi) is 4.54. The Hall–Kier alpha value is -1.59. The average Bonchev–Trinajstić information content (AvgIpc) is 2.41. The summed E-state index contributed by atoms with van der Waals surface area (Å²) in [5.74, 6) is -0.264. The topological polar surface area (TPSA) is 32.3 Å². The van der Waals surface area contributed by atoms with E-state index in [1.54, 1.807) is 0 Å². The van der Waals surface area contributed by atoms with E-state index in [4.69, 9.17) is 23.2 Å². The highest BCUT2D eigenvalue weighted by atomic mass is 35.5. The first kappa shape index (κ1) is 15.8. The summed E-state index contributed by atoms with van der Waals surface area (Å²) in [6.45, 7) is -0.0485. The summed E-state index contributed by atoms with van der Waals surface area (Å²) in [7, 11) is 0. The van der Waals surface area contributed by atoms with Crippen LogP contribution in [0, 0.1) is 0 Å². The molecule has 2 rings (SSSR count). The predicted molar refractivity (Wildman–Crippen MR) is 76.9 cm³/mol. The minimum Gasteiger partial charge on any atom is -0.505 e. The molecule has 2 aromatic rings. The highest BCUT2D eigenvalue weighted by Gasteiger charge is 2.32. The van der Waals surface area contributed by atoms with Crippen LogP contribution in [-0.4, -0.2) is 5.11 Å². The molecule has 0 saturated carbocycles. The molecule has 0 aliphatic carbocycles. The maximum Gasteiger partial charge on any atom is 0.416 e. The van der Waals surface area contributed by atoms with Crippen molar-refractivity contribution in [1.29, 1.82) is 0 Å². The minimum atomic E-state index is -4.41. The second-order valence-electron chi connectivity index (χ2n) is 4.30. The summed E-state index contributed by atoms with van der Waals surface area (Å²) in [4.78, 5) is 0. The maximum atomic E-state index is 12.9. The number of alkyl halides is 3. The zero-order valence-electron chi connectivity index (χ0n) is 10.5. The minimum absolute atomic E-state index is 0.0223. The van der Waals surface area contributed by atoms with Gasteiger partial charge in [0.05, 0.1) is 15.6 Å². The largest absolute Gasteiger partial charge is 0.505 e. The fourth-order valence-corrected chi connectivity index (χ4v) is 2.30. The third-order valence-corrected chi connectivity index (χ3v) is 3.40. The zero-order valence-corrected chi connectivity index (χ0v) is 12.0. The van der Waals surface area contributed by atoms with Crippen LogP contribution in [0.5, 0.6) is 5.75 Å². The maximum absolute atomic E-state index is 12.9. The molecule has 112 valence electrons. The first-order valence-corrected chi connectivity index (χ1v) is 6.61. The Labute approximate surface area is 129 Å². The Bertz CT molecular complexity index is 636. The molecule has 2 N–H and O–H groups in total. The summed E-state index contributed by atoms with van der Waals surface area (Å²) in [5, 5.41) is 12.3. The van der Waals surface area contributed by atoms with Crippen molar-refractivity contribution in [3.63, 3.8) is 0 Å². The van der Waals surface area contributed by atoms with Gasteiger partial charge in [0.2, 0.25) is 0 Å². The van der Waals surface area contributed by atoms with Gasteiger partial charge in [0, 0.05) is 12.2 Å². The Morgan fingerprint density at radius 2 is 1.62 bits per heavy atom. The lowest BCUT2D eigenvalue weighted by Crippen LogP contribution is -2.11. The lowest BCUT2D eigenvalue weighted by molar-refractivity contribution is -0.138. The number of aromatic hydroxyl groups is 1. The Morgan fingerprint density at radius 1 is 1.05 bits per heavy atom. The molecule has 0 fully saturated rings. The molecule has 0 aromatic heterocycles. The summed E-state index contributed by atoms with van der Waals surface area (Å²) in [6.07, 6.45) is -4.41. The van der Waals surface area contributed by atoms with Crippen LogP contribution in [0.3, 0.4) is 0 Å². The number of hydrogen-bond acceptors (Lipinski definition) is 2. The molecule has 0 atom stereocenters. The molecule has 0 unspecified atom stereocenters. The fraction of sp³-hybridized carbons (Fsp3) is 0.143. The molecular weight excluding hydrogens is 326 g/mol. The second-order valence-corrected chi connectivity index (χ2v) is 5.11. The number of halogens is 5. The molecule has 0 aliphatic rings. The van der Waals surface area contributed by atoms with Crippen molar-refractivity contribution in [3.05, 3.63) is 57.6 Å². The van der Waals surface area contributed by atoms with Crippen LogP contribution in [0.2, 0.25) is 10.0 Å². The van der Waals surface area contributed by atoms with Gasteiger partial charge in [-0.05, 0) is 23.8 Å². The summed E-state index contributed by atoms with van der Waals surface area (Å²) >= 11 is 11.5. The van der Waals surface area contributed by atoms with E-state index in [0.717, 1.165) is 6.07 Å². The lowest BCUT2D eigenvalue weighted by Gasteiger charge is -2.14. The molecule has 0 aliphatic heterocycles. The van der Waals surface area contributed by atoms with E-state index in [9.17, 15) is 18.3 Å². The van der Waals surface area contributed by atoms with Gasteiger partial charge in [0.25, 0.3) is 0 Å². The second kappa shape index (κ2) is 6.03. The molecule has 0 amide bonds. The first-order valence-electron chi connectivity index (χ1n) is 5.86. The Balaban J connectivity index is 2.21. The number of rotatable bonds is 3. The van der Waals surface area contributed by atoms with Crippen LogP contribution >= 0.6 is 23.2 Å². The van der Waals surface area contributed by atoms with Crippen molar-refractivity contribution in [2.45, 2.75) is 12.7 Å². The highest BCUT2D eigenvalue weighted by molar-refractivity contribution is 6.37. The summed E-state index contributed by atoms with van der Waals surface area (Å²) in [5.41, 5.74) is -0.182. The molecular formula is C14H10Cl2F3NO. The number of hydrogen-bond donors (Lipinski definition) is 2. The van der Waals surface area contributed by atoms with E-state index in [0.29, 0.717) is 5.69 Å². The van der Waals surface area contributed by atoms with Gasteiger partial charge >= 0.3 is 6.18 Å². The van der Waals surface area contributed by atoms with Crippen LogP contribution in [-0.2, 0) is 12.7 Å². The lowest BCUT2D eigenvalue weighted by atomic mass is 10.1. The monoisotopic (exact) mass is 335 g/mol. The van der Waals surface area contributed by atoms with E-state index in [1.807, 2.05) is 0 Å². The fourth-order valence-electron chi connectivity index (χ4n) is 1.82. The highest BCUT2D eigenvalue weighted by Crippen LogP contribution is 2.35. The first-order chi connectivity index (χ1) is 9.79. The molecule has 0 bridgehead atoms. The third-order valence-electron chi connectivity index (χ3n) is 2.82. The van der Waals surface area contributed by atoms with E-state index < -0.39 is 11.7 Å².